The molecule has 1 aliphatic carbocycles. The van der Waals surface area contributed by atoms with Crippen LogP contribution >= 0.6 is 0 Å². The van der Waals surface area contributed by atoms with Gasteiger partial charge in [0.25, 0.3) is 0 Å². The molecule has 0 aromatic heterocycles. The third-order valence-corrected chi connectivity index (χ3v) is 3.22. The maximum atomic E-state index is 8.88. The highest BCUT2D eigenvalue weighted by molar-refractivity contribution is 5.52. The number of benzene rings is 1. The van der Waals surface area contributed by atoms with Crippen molar-refractivity contribution < 1.29 is 0 Å². The molecule has 0 amide bonds. The van der Waals surface area contributed by atoms with Gasteiger partial charge in [0.1, 0.15) is 0 Å². The molecule has 1 aromatic carbocycles. The first kappa shape index (κ1) is 13.1. The van der Waals surface area contributed by atoms with Crippen LogP contribution in [0.5, 0.6) is 0 Å². The normalized spacial score (nSPS) is 16.4. The molecule has 0 saturated heterocycles. The summed E-state index contributed by atoms with van der Waals surface area (Å²) in [5.74, 6) is 0.851. The zero-order valence-electron chi connectivity index (χ0n) is 11.0. The van der Waals surface area contributed by atoms with Gasteiger partial charge in [-0.1, -0.05) is 67.7 Å². The van der Waals surface area contributed by atoms with Gasteiger partial charge in [-0.2, -0.15) is 5.26 Å². The van der Waals surface area contributed by atoms with Crippen LogP contribution in [0.4, 0.5) is 0 Å². The van der Waals surface area contributed by atoms with Crippen molar-refractivity contribution in [3.05, 3.63) is 77.9 Å². The summed E-state index contributed by atoms with van der Waals surface area (Å²) in [7, 11) is 0. The fourth-order valence-corrected chi connectivity index (χ4v) is 2.03. The zero-order chi connectivity index (χ0) is 13.5. The Kier molecular flexibility index (Phi) is 4.53. The summed E-state index contributed by atoms with van der Waals surface area (Å²) in [5.41, 5.74) is 1.78. The Balaban J connectivity index is 2.07. The van der Waals surface area contributed by atoms with E-state index in [9.17, 15) is 0 Å². The Hall–Kier alpha value is -2.33. The second-order valence-corrected chi connectivity index (χ2v) is 4.69. The molecule has 0 bridgehead atoms. The summed E-state index contributed by atoms with van der Waals surface area (Å²) in [6, 6.07) is 9.82. The second kappa shape index (κ2) is 6.56. The third kappa shape index (κ3) is 3.82. The second-order valence-electron chi connectivity index (χ2n) is 4.69. The first-order valence-electron chi connectivity index (χ1n) is 6.49. The number of hydrogen-bond donors (Lipinski definition) is 0. The average Bonchev–Trinajstić information content (AvgIpc) is 2.74. The molecular formula is C18H17N. The molecule has 0 N–H and O–H groups in total. The minimum atomic E-state index is 0.422. The van der Waals surface area contributed by atoms with E-state index in [4.69, 9.17) is 5.26 Å². The molecule has 0 fully saturated rings. The Morgan fingerprint density at radius 2 is 1.89 bits per heavy atom. The summed E-state index contributed by atoms with van der Waals surface area (Å²) >= 11 is 0. The minimum Gasteiger partial charge on any atom is -0.192 e. The van der Waals surface area contributed by atoms with E-state index in [2.05, 4.69) is 49.4 Å². The maximum Gasteiger partial charge on any atom is 0.0991 e. The Morgan fingerprint density at radius 3 is 2.58 bits per heavy atom. The average molecular weight is 247 g/mol. The highest BCUT2D eigenvalue weighted by atomic mass is 14.2. The molecule has 0 spiro atoms. The van der Waals surface area contributed by atoms with E-state index in [1.165, 1.54) is 0 Å². The van der Waals surface area contributed by atoms with Gasteiger partial charge < -0.3 is 0 Å². The standard InChI is InChI=1S/C18H17N/c1-15(18-9-4-2-3-5-10-18)11-12-16-7-6-8-17(13-16)14-19/h2-13,15,18H,1H3. The van der Waals surface area contributed by atoms with E-state index in [-0.39, 0.29) is 0 Å². The fourth-order valence-electron chi connectivity index (χ4n) is 2.03. The smallest absolute Gasteiger partial charge is 0.0991 e. The van der Waals surface area contributed by atoms with Crippen molar-refractivity contribution in [1.82, 2.24) is 0 Å². The predicted octanol–water partition coefficient (Wildman–Crippen LogP) is 4.51. The molecule has 2 rings (SSSR count). The largest absolute Gasteiger partial charge is 0.192 e. The lowest BCUT2D eigenvalue weighted by Gasteiger charge is -2.12. The van der Waals surface area contributed by atoms with Crippen LogP contribution in [-0.2, 0) is 0 Å². The topological polar surface area (TPSA) is 23.8 Å². The predicted molar refractivity (Wildman–Crippen MR) is 80.3 cm³/mol. The summed E-state index contributed by atoms with van der Waals surface area (Å²) in [6.45, 7) is 2.20. The Labute approximate surface area is 114 Å². The van der Waals surface area contributed by atoms with Crippen LogP contribution in [0.1, 0.15) is 18.1 Å². The number of nitriles is 1. The highest BCUT2D eigenvalue weighted by Crippen LogP contribution is 2.19. The van der Waals surface area contributed by atoms with Crippen molar-refractivity contribution in [2.24, 2.45) is 11.8 Å². The van der Waals surface area contributed by atoms with Gasteiger partial charge in [0.2, 0.25) is 0 Å². The minimum absolute atomic E-state index is 0.422. The van der Waals surface area contributed by atoms with Crippen molar-refractivity contribution >= 4 is 6.08 Å². The van der Waals surface area contributed by atoms with E-state index in [0.29, 0.717) is 17.4 Å². The number of hydrogen-bond acceptors (Lipinski definition) is 1. The van der Waals surface area contributed by atoms with Gasteiger partial charge in [0.05, 0.1) is 11.6 Å². The van der Waals surface area contributed by atoms with Gasteiger partial charge in [-0.15, -0.1) is 0 Å². The molecule has 0 heterocycles. The molecule has 1 aliphatic rings. The van der Waals surface area contributed by atoms with Gasteiger partial charge in [0, 0.05) is 5.92 Å². The summed E-state index contributed by atoms with van der Waals surface area (Å²) < 4.78 is 0. The van der Waals surface area contributed by atoms with Crippen LogP contribution in [-0.4, -0.2) is 0 Å². The fraction of sp³-hybridized carbons (Fsp3) is 0.167. The van der Waals surface area contributed by atoms with E-state index in [1.807, 2.05) is 36.4 Å². The molecule has 1 unspecified atom stereocenters. The molecule has 0 saturated carbocycles. The SMILES string of the molecule is CC(C=Cc1cccc(C#N)c1)C1C=CC=CC=C1. The van der Waals surface area contributed by atoms with E-state index in [0.717, 1.165) is 5.56 Å². The Morgan fingerprint density at radius 1 is 1.16 bits per heavy atom. The summed E-state index contributed by atoms with van der Waals surface area (Å²) in [4.78, 5) is 0. The van der Waals surface area contributed by atoms with Crippen molar-refractivity contribution in [1.29, 1.82) is 5.26 Å². The number of allylic oxidation sites excluding steroid dienone is 7. The molecule has 1 heteroatoms. The van der Waals surface area contributed by atoms with Crippen molar-refractivity contribution in [2.75, 3.05) is 0 Å². The van der Waals surface area contributed by atoms with Gasteiger partial charge in [0.15, 0.2) is 0 Å². The zero-order valence-corrected chi connectivity index (χ0v) is 11.0. The monoisotopic (exact) mass is 247 g/mol. The van der Waals surface area contributed by atoms with E-state index < -0.39 is 0 Å². The van der Waals surface area contributed by atoms with Gasteiger partial charge >= 0.3 is 0 Å². The molecule has 19 heavy (non-hydrogen) atoms. The third-order valence-electron chi connectivity index (χ3n) is 3.22. The highest BCUT2D eigenvalue weighted by Gasteiger charge is 2.08. The first-order chi connectivity index (χ1) is 9.29. The van der Waals surface area contributed by atoms with Crippen molar-refractivity contribution in [3.63, 3.8) is 0 Å². The lowest BCUT2D eigenvalue weighted by molar-refractivity contribution is 0.615. The van der Waals surface area contributed by atoms with Crippen molar-refractivity contribution in [3.8, 4) is 6.07 Å². The summed E-state index contributed by atoms with van der Waals surface area (Å²) in [5, 5.41) is 8.88. The van der Waals surface area contributed by atoms with Crippen molar-refractivity contribution in [2.45, 2.75) is 6.92 Å². The van der Waals surface area contributed by atoms with Crippen LogP contribution in [0, 0.1) is 23.2 Å². The molecule has 94 valence electrons. The molecule has 0 aliphatic heterocycles. The van der Waals surface area contributed by atoms with Gasteiger partial charge in [-0.25, -0.2) is 0 Å². The molecular weight excluding hydrogens is 230 g/mol. The molecule has 1 atom stereocenters. The van der Waals surface area contributed by atoms with E-state index >= 15 is 0 Å². The number of nitrogens with zero attached hydrogens (tertiary/aromatic N) is 1. The lowest BCUT2D eigenvalue weighted by Crippen LogP contribution is -2.02. The van der Waals surface area contributed by atoms with Crippen LogP contribution in [0.2, 0.25) is 0 Å². The molecule has 1 aromatic rings. The lowest BCUT2D eigenvalue weighted by atomic mass is 9.92. The van der Waals surface area contributed by atoms with Gasteiger partial charge in [-0.3, -0.25) is 0 Å². The number of rotatable bonds is 3. The van der Waals surface area contributed by atoms with Crippen LogP contribution in [0.25, 0.3) is 6.08 Å². The van der Waals surface area contributed by atoms with Crippen LogP contribution < -0.4 is 0 Å². The Bertz CT molecular complexity index is 566. The molecule has 1 nitrogen and oxygen atoms in total. The summed E-state index contributed by atoms with van der Waals surface area (Å²) in [6.07, 6.45) is 17.0. The van der Waals surface area contributed by atoms with Gasteiger partial charge in [-0.05, 0) is 23.6 Å². The maximum absolute atomic E-state index is 8.88. The van der Waals surface area contributed by atoms with Crippen LogP contribution in [0.3, 0.4) is 0 Å². The van der Waals surface area contributed by atoms with E-state index in [1.54, 1.807) is 0 Å². The van der Waals surface area contributed by atoms with Crippen LogP contribution in [0.15, 0.2) is 66.8 Å². The molecule has 0 radical (unpaired) electrons. The first-order valence-corrected chi connectivity index (χ1v) is 6.49. The quantitative estimate of drug-likeness (QED) is 0.771.